The SMILES string of the molecule is N#CC1(C(=O)NCC2CCOCC2)CCC1. The molecule has 2 rings (SSSR count). The van der Waals surface area contributed by atoms with Crippen molar-refractivity contribution in [3.63, 3.8) is 0 Å². The molecule has 1 amide bonds. The van der Waals surface area contributed by atoms with Gasteiger partial charge in [0.15, 0.2) is 0 Å². The maximum Gasteiger partial charge on any atom is 0.240 e. The molecule has 0 bridgehead atoms. The highest BCUT2D eigenvalue weighted by molar-refractivity contribution is 5.86. The molecule has 0 aromatic carbocycles. The highest BCUT2D eigenvalue weighted by atomic mass is 16.5. The summed E-state index contributed by atoms with van der Waals surface area (Å²) in [5.41, 5.74) is -0.703. The molecular weight excluding hydrogens is 204 g/mol. The molecule has 1 saturated heterocycles. The van der Waals surface area contributed by atoms with E-state index in [0.717, 1.165) is 45.3 Å². The van der Waals surface area contributed by atoms with E-state index >= 15 is 0 Å². The van der Waals surface area contributed by atoms with Crippen LogP contribution in [-0.2, 0) is 9.53 Å². The normalized spacial score (nSPS) is 24.2. The summed E-state index contributed by atoms with van der Waals surface area (Å²) in [5.74, 6) is 0.460. The molecule has 0 unspecified atom stereocenters. The molecule has 2 aliphatic rings. The summed E-state index contributed by atoms with van der Waals surface area (Å²) in [7, 11) is 0. The average Bonchev–Trinajstić information content (AvgIpc) is 2.27. The van der Waals surface area contributed by atoms with Gasteiger partial charge in [0.05, 0.1) is 6.07 Å². The Balaban J connectivity index is 1.77. The second-order valence-corrected chi connectivity index (χ2v) is 4.81. The zero-order valence-electron chi connectivity index (χ0n) is 9.50. The lowest BCUT2D eigenvalue weighted by Crippen LogP contribution is -2.46. The van der Waals surface area contributed by atoms with Crippen LogP contribution < -0.4 is 5.32 Å². The van der Waals surface area contributed by atoms with Crippen molar-refractivity contribution in [2.24, 2.45) is 11.3 Å². The number of nitrogens with one attached hydrogen (secondary N) is 1. The smallest absolute Gasteiger partial charge is 0.240 e. The van der Waals surface area contributed by atoms with E-state index in [9.17, 15) is 4.79 Å². The Labute approximate surface area is 96.0 Å². The van der Waals surface area contributed by atoms with Crippen molar-refractivity contribution < 1.29 is 9.53 Å². The van der Waals surface area contributed by atoms with Crippen molar-refractivity contribution in [1.29, 1.82) is 5.26 Å². The first kappa shape index (κ1) is 11.4. The van der Waals surface area contributed by atoms with Crippen LogP contribution in [0.4, 0.5) is 0 Å². The minimum atomic E-state index is -0.703. The zero-order valence-corrected chi connectivity index (χ0v) is 9.50. The third kappa shape index (κ3) is 2.19. The molecule has 1 N–H and O–H groups in total. The van der Waals surface area contributed by atoms with E-state index in [1.807, 2.05) is 0 Å². The third-order valence-electron chi connectivity index (χ3n) is 3.75. The topological polar surface area (TPSA) is 62.1 Å². The van der Waals surface area contributed by atoms with Crippen LogP contribution in [-0.4, -0.2) is 25.7 Å². The first-order valence-corrected chi connectivity index (χ1v) is 6.04. The fraction of sp³-hybridized carbons (Fsp3) is 0.833. The number of nitrogens with zero attached hydrogens (tertiary/aromatic N) is 1. The lowest BCUT2D eigenvalue weighted by Gasteiger charge is -2.34. The van der Waals surface area contributed by atoms with Gasteiger partial charge in [-0.2, -0.15) is 5.26 Å². The second kappa shape index (κ2) is 4.84. The number of nitriles is 1. The van der Waals surface area contributed by atoms with Gasteiger partial charge in [0, 0.05) is 19.8 Å². The van der Waals surface area contributed by atoms with Crippen molar-refractivity contribution in [2.75, 3.05) is 19.8 Å². The van der Waals surface area contributed by atoms with Crippen molar-refractivity contribution in [2.45, 2.75) is 32.1 Å². The highest BCUT2D eigenvalue weighted by Crippen LogP contribution is 2.40. The van der Waals surface area contributed by atoms with Crippen molar-refractivity contribution in [3.8, 4) is 6.07 Å². The summed E-state index contributed by atoms with van der Waals surface area (Å²) in [4.78, 5) is 11.9. The zero-order chi connectivity index (χ0) is 11.4. The fourth-order valence-electron chi connectivity index (χ4n) is 2.28. The van der Waals surface area contributed by atoms with E-state index in [1.54, 1.807) is 0 Å². The van der Waals surface area contributed by atoms with Crippen LogP contribution in [0.1, 0.15) is 32.1 Å². The predicted octanol–water partition coefficient (Wildman–Crippen LogP) is 1.22. The summed E-state index contributed by atoms with van der Waals surface area (Å²) < 4.78 is 5.26. The number of carbonyl (C=O) groups excluding carboxylic acids is 1. The van der Waals surface area contributed by atoms with Gasteiger partial charge in [-0.15, -0.1) is 0 Å². The third-order valence-corrected chi connectivity index (χ3v) is 3.75. The molecule has 4 nitrogen and oxygen atoms in total. The molecule has 1 heterocycles. The maximum absolute atomic E-state index is 11.9. The minimum absolute atomic E-state index is 0.0623. The quantitative estimate of drug-likeness (QED) is 0.781. The van der Waals surface area contributed by atoms with Crippen LogP contribution in [0.5, 0.6) is 0 Å². The van der Waals surface area contributed by atoms with Gasteiger partial charge in [0.1, 0.15) is 5.41 Å². The summed E-state index contributed by atoms with van der Waals surface area (Å²) in [6, 6.07) is 2.17. The van der Waals surface area contributed by atoms with E-state index < -0.39 is 5.41 Å². The van der Waals surface area contributed by atoms with E-state index in [2.05, 4.69) is 11.4 Å². The Hall–Kier alpha value is -1.08. The van der Waals surface area contributed by atoms with Crippen LogP contribution in [0.2, 0.25) is 0 Å². The van der Waals surface area contributed by atoms with Crippen LogP contribution in [0.15, 0.2) is 0 Å². The van der Waals surface area contributed by atoms with Crippen LogP contribution in [0.3, 0.4) is 0 Å². The molecule has 0 atom stereocenters. The molecule has 1 saturated carbocycles. The molecule has 88 valence electrons. The van der Waals surface area contributed by atoms with E-state index in [4.69, 9.17) is 10.00 Å². The average molecular weight is 222 g/mol. The first-order chi connectivity index (χ1) is 7.77. The van der Waals surface area contributed by atoms with Gasteiger partial charge in [-0.1, -0.05) is 0 Å². The summed E-state index contributed by atoms with van der Waals surface area (Å²) in [5, 5.41) is 11.9. The van der Waals surface area contributed by atoms with E-state index in [0.29, 0.717) is 12.5 Å². The Morgan fingerprint density at radius 2 is 2.12 bits per heavy atom. The van der Waals surface area contributed by atoms with Crippen molar-refractivity contribution in [1.82, 2.24) is 5.32 Å². The molecule has 16 heavy (non-hydrogen) atoms. The highest BCUT2D eigenvalue weighted by Gasteiger charge is 2.44. The van der Waals surface area contributed by atoms with Gasteiger partial charge in [-0.3, -0.25) is 4.79 Å². The maximum atomic E-state index is 11.9. The van der Waals surface area contributed by atoms with Gasteiger partial charge in [0.25, 0.3) is 0 Å². The Kier molecular flexibility index (Phi) is 3.45. The van der Waals surface area contributed by atoms with Crippen molar-refractivity contribution in [3.05, 3.63) is 0 Å². The number of carbonyl (C=O) groups is 1. The van der Waals surface area contributed by atoms with E-state index in [-0.39, 0.29) is 5.91 Å². The van der Waals surface area contributed by atoms with Crippen LogP contribution in [0, 0.1) is 22.7 Å². The minimum Gasteiger partial charge on any atom is -0.381 e. The number of hydrogen-bond donors (Lipinski definition) is 1. The summed E-state index contributed by atoms with van der Waals surface area (Å²) in [6.45, 7) is 2.29. The number of amides is 1. The summed E-state index contributed by atoms with van der Waals surface area (Å²) >= 11 is 0. The fourth-order valence-corrected chi connectivity index (χ4v) is 2.28. The molecule has 0 aromatic rings. The molecular formula is C12H18N2O2. The standard InChI is InChI=1S/C12H18N2O2/c13-9-12(4-1-5-12)11(15)14-8-10-2-6-16-7-3-10/h10H,1-8H2,(H,14,15). The van der Waals surface area contributed by atoms with Gasteiger partial charge >= 0.3 is 0 Å². The molecule has 4 heteroatoms. The Bertz CT molecular complexity index is 299. The van der Waals surface area contributed by atoms with Gasteiger partial charge in [0.2, 0.25) is 5.91 Å². The Morgan fingerprint density at radius 3 is 2.62 bits per heavy atom. The molecule has 0 spiro atoms. The van der Waals surface area contributed by atoms with Gasteiger partial charge in [-0.05, 0) is 38.0 Å². The number of rotatable bonds is 3. The Morgan fingerprint density at radius 1 is 1.44 bits per heavy atom. The lowest BCUT2D eigenvalue weighted by atomic mass is 9.69. The van der Waals surface area contributed by atoms with Crippen molar-refractivity contribution >= 4 is 5.91 Å². The molecule has 1 aliphatic carbocycles. The molecule has 2 fully saturated rings. The monoisotopic (exact) mass is 222 g/mol. The number of ether oxygens (including phenoxy) is 1. The second-order valence-electron chi connectivity index (χ2n) is 4.81. The molecule has 0 radical (unpaired) electrons. The van der Waals surface area contributed by atoms with Gasteiger partial charge < -0.3 is 10.1 Å². The van der Waals surface area contributed by atoms with Gasteiger partial charge in [-0.25, -0.2) is 0 Å². The summed E-state index contributed by atoms with van der Waals surface area (Å²) in [6.07, 6.45) is 4.48. The largest absolute Gasteiger partial charge is 0.381 e. The van der Waals surface area contributed by atoms with Crippen LogP contribution >= 0.6 is 0 Å². The van der Waals surface area contributed by atoms with E-state index in [1.165, 1.54) is 0 Å². The predicted molar refractivity (Wildman–Crippen MR) is 58.4 cm³/mol. The molecule has 0 aromatic heterocycles. The first-order valence-electron chi connectivity index (χ1n) is 6.04. The molecule has 1 aliphatic heterocycles. The number of hydrogen-bond acceptors (Lipinski definition) is 3. The van der Waals surface area contributed by atoms with Crippen LogP contribution in [0.25, 0.3) is 0 Å². The lowest BCUT2D eigenvalue weighted by molar-refractivity contribution is -0.132.